The number of benzene rings is 2. The maximum absolute atomic E-state index is 13.2. The Morgan fingerprint density at radius 2 is 2.03 bits per heavy atom. The molecule has 2 N–H and O–H groups in total. The first-order valence-electron chi connectivity index (χ1n) is 9.83. The summed E-state index contributed by atoms with van der Waals surface area (Å²) in [5, 5.41) is 3.43. The van der Waals surface area contributed by atoms with E-state index in [1.807, 2.05) is 6.92 Å². The van der Waals surface area contributed by atoms with Crippen LogP contribution < -0.4 is 10.9 Å². The van der Waals surface area contributed by atoms with Crippen molar-refractivity contribution in [2.24, 2.45) is 0 Å². The molecule has 3 aromatic rings. The van der Waals surface area contributed by atoms with Crippen molar-refractivity contribution in [3.05, 3.63) is 75.0 Å². The molecule has 0 unspecified atom stereocenters. The third-order valence-electron chi connectivity index (χ3n) is 4.59. The average Bonchev–Trinajstić information content (AvgIpc) is 2.71. The van der Waals surface area contributed by atoms with Crippen molar-refractivity contribution >= 4 is 34.3 Å². The second-order valence-corrected chi connectivity index (χ2v) is 7.51. The number of hydrogen-bond acceptors (Lipinski definition) is 4. The van der Waals surface area contributed by atoms with E-state index in [1.165, 1.54) is 23.1 Å². The number of carbonyl (C=O) groups excluding carboxylic acids is 2. The lowest BCUT2D eigenvalue weighted by molar-refractivity contribution is -0.133. The molecule has 31 heavy (non-hydrogen) atoms. The van der Waals surface area contributed by atoms with Crippen LogP contribution in [0.15, 0.2) is 47.3 Å². The number of aromatic nitrogens is 2. The molecule has 1 heterocycles. The molecule has 0 aliphatic heterocycles. The Morgan fingerprint density at radius 1 is 1.23 bits per heavy atom. The maximum atomic E-state index is 13.2. The van der Waals surface area contributed by atoms with Crippen LogP contribution in [0.1, 0.15) is 24.7 Å². The highest BCUT2D eigenvalue weighted by atomic mass is 35.5. The van der Waals surface area contributed by atoms with Crippen LogP contribution in [0.25, 0.3) is 10.9 Å². The molecular weight excluding hydrogens is 423 g/mol. The second kappa shape index (κ2) is 10.2. The van der Waals surface area contributed by atoms with E-state index in [2.05, 4.69) is 15.3 Å². The molecule has 9 heteroatoms. The molecule has 0 saturated heterocycles. The zero-order valence-corrected chi connectivity index (χ0v) is 17.7. The van der Waals surface area contributed by atoms with E-state index in [4.69, 9.17) is 11.6 Å². The number of H-pyrrole nitrogens is 1. The predicted octanol–water partition coefficient (Wildman–Crippen LogP) is 2.81. The molecule has 7 nitrogen and oxygen atoms in total. The molecule has 0 aliphatic carbocycles. The average molecular weight is 445 g/mol. The Kier molecular flexibility index (Phi) is 7.36. The third kappa shape index (κ3) is 6.11. The van der Waals surface area contributed by atoms with Crippen molar-refractivity contribution in [3.63, 3.8) is 0 Å². The minimum atomic E-state index is -0.423. The van der Waals surface area contributed by atoms with Crippen molar-refractivity contribution in [2.45, 2.75) is 26.3 Å². The Morgan fingerprint density at radius 3 is 2.77 bits per heavy atom. The molecule has 0 fully saturated rings. The third-order valence-corrected chi connectivity index (χ3v) is 4.83. The summed E-state index contributed by atoms with van der Waals surface area (Å²) in [4.78, 5) is 45.7. The summed E-state index contributed by atoms with van der Waals surface area (Å²) in [6.45, 7) is 2.22. The minimum Gasteiger partial charge on any atom is -0.347 e. The fourth-order valence-electron chi connectivity index (χ4n) is 3.16. The Labute approximate surface area is 183 Å². The van der Waals surface area contributed by atoms with Crippen molar-refractivity contribution < 1.29 is 14.0 Å². The van der Waals surface area contributed by atoms with Gasteiger partial charge in [-0.15, -0.1) is 0 Å². The molecule has 0 saturated carbocycles. The quantitative estimate of drug-likeness (QED) is 0.558. The number of hydrogen-bond donors (Lipinski definition) is 2. The van der Waals surface area contributed by atoms with E-state index in [9.17, 15) is 18.8 Å². The molecule has 162 valence electrons. The first-order valence-corrected chi connectivity index (χ1v) is 10.2. The fourth-order valence-corrected chi connectivity index (χ4v) is 3.33. The Balaban J connectivity index is 1.65. The van der Waals surface area contributed by atoms with Crippen LogP contribution in [-0.4, -0.2) is 39.8 Å². The van der Waals surface area contributed by atoms with E-state index in [0.29, 0.717) is 40.3 Å². The predicted molar refractivity (Wildman–Crippen MR) is 116 cm³/mol. The van der Waals surface area contributed by atoms with Gasteiger partial charge in [0.1, 0.15) is 11.6 Å². The lowest BCUT2D eigenvalue weighted by Crippen LogP contribution is -2.41. The smallest absolute Gasteiger partial charge is 0.258 e. The highest BCUT2D eigenvalue weighted by Gasteiger charge is 2.16. The summed E-state index contributed by atoms with van der Waals surface area (Å²) in [6, 6.07) is 10.5. The summed E-state index contributed by atoms with van der Waals surface area (Å²) in [7, 11) is 0. The van der Waals surface area contributed by atoms with Gasteiger partial charge in [0, 0.05) is 11.6 Å². The number of nitrogens with zero attached hydrogens (tertiary/aromatic N) is 2. The van der Waals surface area contributed by atoms with Gasteiger partial charge in [0.25, 0.3) is 5.56 Å². The van der Waals surface area contributed by atoms with Gasteiger partial charge < -0.3 is 15.2 Å². The fraction of sp³-hybridized carbons (Fsp3) is 0.273. The van der Waals surface area contributed by atoms with Crippen molar-refractivity contribution in [1.82, 2.24) is 20.2 Å². The largest absolute Gasteiger partial charge is 0.347 e. The molecule has 3 rings (SSSR count). The Hall–Kier alpha value is -3.26. The van der Waals surface area contributed by atoms with E-state index >= 15 is 0 Å². The summed E-state index contributed by atoms with van der Waals surface area (Å²) < 4.78 is 13.2. The number of nitrogens with one attached hydrogen (secondary N) is 2. The molecule has 0 aliphatic rings. The van der Waals surface area contributed by atoms with Gasteiger partial charge in [-0.05, 0) is 42.3 Å². The molecular formula is C22H22ClFN4O3. The number of aromatic amines is 1. The van der Waals surface area contributed by atoms with Crippen LogP contribution in [0.5, 0.6) is 0 Å². The van der Waals surface area contributed by atoms with Crippen molar-refractivity contribution in [2.75, 3.05) is 13.1 Å². The highest BCUT2D eigenvalue weighted by Crippen LogP contribution is 2.15. The van der Waals surface area contributed by atoms with Gasteiger partial charge in [-0.25, -0.2) is 9.37 Å². The SMILES string of the molecule is CCCN(Cc1nc2cc(Cl)ccc2c(=O)[nH]1)C(=O)CNC(=O)Cc1cccc(F)c1. The molecule has 0 atom stereocenters. The first-order chi connectivity index (χ1) is 14.9. The monoisotopic (exact) mass is 444 g/mol. The topological polar surface area (TPSA) is 95.2 Å². The van der Waals surface area contributed by atoms with Gasteiger partial charge in [0.05, 0.1) is 30.4 Å². The van der Waals surface area contributed by atoms with Crippen molar-refractivity contribution in [1.29, 1.82) is 0 Å². The van der Waals surface area contributed by atoms with Gasteiger partial charge in [-0.3, -0.25) is 14.4 Å². The van der Waals surface area contributed by atoms with Crippen LogP contribution >= 0.6 is 11.6 Å². The highest BCUT2D eigenvalue weighted by molar-refractivity contribution is 6.31. The van der Waals surface area contributed by atoms with Gasteiger partial charge in [0.2, 0.25) is 11.8 Å². The van der Waals surface area contributed by atoms with Crippen LogP contribution in [0.4, 0.5) is 4.39 Å². The molecule has 2 amide bonds. The van der Waals surface area contributed by atoms with E-state index < -0.39 is 5.82 Å². The van der Waals surface area contributed by atoms with E-state index in [1.54, 1.807) is 24.3 Å². The molecule has 0 radical (unpaired) electrons. The standard InChI is InChI=1S/C22H22ClFN4O3/c1-2-8-28(13-19-26-18-11-15(23)6-7-17(18)22(31)27-19)21(30)12-25-20(29)10-14-4-3-5-16(24)9-14/h3-7,9,11H,2,8,10,12-13H2,1H3,(H,25,29)(H,26,27,31). The van der Waals surface area contributed by atoms with Crippen LogP contribution in [-0.2, 0) is 22.6 Å². The van der Waals surface area contributed by atoms with Crippen LogP contribution in [0.3, 0.4) is 0 Å². The number of rotatable bonds is 8. The van der Waals surface area contributed by atoms with Crippen molar-refractivity contribution in [3.8, 4) is 0 Å². The number of fused-ring (bicyclic) bond motifs is 1. The molecule has 0 spiro atoms. The van der Waals surface area contributed by atoms with E-state index in [-0.39, 0.29) is 36.9 Å². The maximum Gasteiger partial charge on any atom is 0.258 e. The lowest BCUT2D eigenvalue weighted by atomic mass is 10.1. The van der Waals surface area contributed by atoms with Crippen LogP contribution in [0.2, 0.25) is 5.02 Å². The normalized spacial score (nSPS) is 10.8. The number of amides is 2. The zero-order valence-electron chi connectivity index (χ0n) is 17.0. The summed E-state index contributed by atoms with van der Waals surface area (Å²) in [5.74, 6) is -0.799. The first kappa shape index (κ1) is 22.4. The lowest BCUT2D eigenvalue weighted by Gasteiger charge is -2.22. The van der Waals surface area contributed by atoms with Gasteiger partial charge >= 0.3 is 0 Å². The van der Waals surface area contributed by atoms with E-state index in [0.717, 1.165) is 0 Å². The summed E-state index contributed by atoms with van der Waals surface area (Å²) in [5.41, 5.74) is 0.648. The summed E-state index contributed by atoms with van der Waals surface area (Å²) >= 11 is 5.99. The zero-order chi connectivity index (χ0) is 22.4. The second-order valence-electron chi connectivity index (χ2n) is 7.07. The molecule has 1 aromatic heterocycles. The minimum absolute atomic E-state index is 0.0286. The van der Waals surface area contributed by atoms with Gasteiger partial charge in [-0.1, -0.05) is 30.7 Å². The number of halogens is 2. The summed E-state index contributed by atoms with van der Waals surface area (Å²) in [6.07, 6.45) is 0.658. The van der Waals surface area contributed by atoms with Gasteiger partial charge in [-0.2, -0.15) is 0 Å². The molecule has 0 bridgehead atoms. The van der Waals surface area contributed by atoms with Gasteiger partial charge in [0.15, 0.2) is 0 Å². The molecule has 2 aromatic carbocycles. The Bertz CT molecular complexity index is 1160. The number of carbonyl (C=O) groups is 2. The van der Waals surface area contributed by atoms with Crippen LogP contribution in [0, 0.1) is 5.82 Å².